The predicted molar refractivity (Wildman–Crippen MR) is 78.2 cm³/mol. The van der Waals surface area contributed by atoms with E-state index in [0.717, 1.165) is 25.8 Å². The van der Waals surface area contributed by atoms with Crippen LogP contribution in [0.25, 0.3) is 0 Å². The molecule has 1 aliphatic heterocycles. The van der Waals surface area contributed by atoms with Gasteiger partial charge in [0.2, 0.25) is 0 Å². The number of nitrogen functional groups attached to an aromatic ring is 1. The number of likely N-dealkylation sites (tertiary alicyclic amines) is 1. The van der Waals surface area contributed by atoms with Gasteiger partial charge >= 0.3 is 0 Å². The van der Waals surface area contributed by atoms with Crippen LogP contribution in [0.4, 0.5) is 5.69 Å². The highest BCUT2D eigenvalue weighted by molar-refractivity contribution is 6.31. The molecule has 0 saturated carbocycles. The standard InChI is InChI=1S/C14H20ClN3O/c1-2-11-5-3-4-8-18(11)14(19)12-9-10(15)6-7-13(12)17-16/h6-7,9,11,17H,2-5,8,16H2,1H3. The summed E-state index contributed by atoms with van der Waals surface area (Å²) < 4.78 is 0. The molecule has 2 rings (SSSR count). The summed E-state index contributed by atoms with van der Waals surface area (Å²) in [7, 11) is 0. The van der Waals surface area contributed by atoms with Crippen molar-refractivity contribution in [2.45, 2.75) is 38.6 Å². The normalized spacial score (nSPS) is 19.3. The van der Waals surface area contributed by atoms with Gasteiger partial charge in [0.25, 0.3) is 5.91 Å². The summed E-state index contributed by atoms with van der Waals surface area (Å²) in [6.07, 6.45) is 4.32. The van der Waals surface area contributed by atoms with Crippen molar-refractivity contribution in [2.24, 2.45) is 5.84 Å². The lowest BCUT2D eigenvalue weighted by Gasteiger charge is -2.35. The van der Waals surface area contributed by atoms with Gasteiger partial charge in [-0.1, -0.05) is 18.5 Å². The fraction of sp³-hybridized carbons (Fsp3) is 0.500. The lowest BCUT2D eigenvalue weighted by atomic mass is 9.98. The number of anilines is 1. The molecule has 4 nitrogen and oxygen atoms in total. The SMILES string of the molecule is CCC1CCCCN1C(=O)c1cc(Cl)ccc1NN. The highest BCUT2D eigenvalue weighted by atomic mass is 35.5. The molecule has 3 N–H and O–H groups in total. The van der Waals surface area contributed by atoms with Crippen LogP contribution in [-0.2, 0) is 0 Å². The van der Waals surface area contributed by atoms with Crippen molar-refractivity contribution in [3.8, 4) is 0 Å². The first-order valence-corrected chi connectivity index (χ1v) is 7.12. The van der Waals surface area contributed by atoms with Gasteiger partial charge in [0.1, 0.15) is 0 Å². The fourth-order valence-electron chi connectivity index (χ4n) is 2.67. The van der Waals surface area contributed by atoms with E-state index in [1.165, 1.54) is 6.42 Å². The van der Waals surface area contributed by atoms with E-state index in [-0.39, 0.29) is 5.91 Å². The number of benzene rings is 1. The number of carbonyl (C=O) groups is 1. The van der Waals surface area contributed by atoms with Gasteiger partial charge in [-0.2, -0.15) is 0 Å². The van der Waals surface area contributed by atoms with Crippen LogP contribution in [0, 0.1) is 0 Å². The Balaban J connectivity index is 2.29. The molecule has 1 saturated heterocycles. The lowest BCUT2D eigenvalue weighted by Crippen LogP contribution is -2.43. The molecular weight excluding hydrogens is 262 g/mol. The number of hydrogen-bond acceptors (Lipinski definition) is 3. The number of rotatable bonds is 3. The maximum Gasteiger partial charge on any atom is 0.256 e. The summed E-state index contributed by atoms with van der Waals surface area (Å²) in [4.78, 5) is 14.6. The number of piperidine rings is 1. The van der Waals surface area contributed by atoms with Crippen LogP contribution in [0.1, 0.15) is 43.0 Å². The van der Waals surface area contributed by atoms with E-state index in [0.29, 0.717) is 22.3 Å². The minimum Gasteiger partial charge on any atom is -0.336 e. The van der Waals surface area contributed by atoms with Crippen LogP contribution in [0.15, 0.2) is 18.2 Å². The van der Waals surface area contributed by atoms with E-state index in [1.54, 1.807) is 18.2 Å². The van der Waals surface area contributed by atoms with E-state index in [1.807, 2.05) is 4.90 Å². The Kier molecular flexibility index (Phi) is 4.66. The van der Waals surface area contributed by atoms with Crippen LogP contribution in [0.3, 0.4) is 0 Å². The van der Waals surface area contributed by atoms with E-state index in [4.69, 9.17) is 17.4 Å². The van der Waals surface area contributed by atoms with Crippen molar-refractivity contribution in [1.29, 1.82) is 0 Å². The van der Waals surface area contributed by atoms with Gasteiger partial charge in [0, 0.05) is 17.6 Å². The third-order valence-electron chi connectivity index (χ3n) is 3.73. The number of carbonyl (C=O) groups excluding carboxylic acids is 1. The molecule has 1 amide bonds. The van der Waals surface area contributed by atoms with Crippen LogP contribution >= 0.6 is 11.6 Å². The molecule has 104 valence electrons. The quantitative estimate of drug-likeness (QED) is 0.661. The van der Waals surface area contributed by atoms with Crippen molar-refractivity contribution in [2.75, 3.05) is 12.0 Å². The summed E-state index contributed by atoms with van der Waals surface area (Å²) in [5.74, 6) is 5.49. The average molecular weight is 282 g/mol. The summed E-state index contributed by atoms with van der Waals surface area (Å²) in [6.45, 7) is 2.93. The van der Waals surface area contributed by atoms with Gasteiger partial charge in [-0.25, -0.2) is 0 Å². The maximum absolute atomic E-state index is 12.7. The van der Waals surface area contributed by atoms with E-state index in [9.17, 15) is 4.79 Å². The second-order valence-corrected chi connectivity index (χ2v) is 5.33. The first-order chi connectivity index (χ1) is 9.17. The highest BCUT2D eigenvalue weighted by Gasteiger charge is 2.27. The Bertz CT molecular complexity index is 464. The van der Waals surface area contributed by atoms with Crippen molar-refractivity contribution in [3.05, 3.63) is 28.8 Å². The number of nitrogens with zero attached hydrogens (tertiary/aromatic N) is 1. The van der Waals surface area contributed by atoms with Gasteiger partial charge in [-0.3, -0.25) is 10.6 Å². The summed E-state index contributed by atoms with van der Waals surface area (Å²) >= 11 is 5.99. The predicted octanol–water partition coefficient (Wildman–Crippen LogP) is 3.03. The molecule has 1 aliphatic rings. The minimum absolute atomic E-state index is 0.0157. The number of halogens is 1. The monoisotopic (exact) mass is 281 g/mol. The van der Waals surface area contributed by atoms with Crippen LogP contribution in [0.2, 0.25) is 5.02 Å². The van der Waals surface area contributed by atoms with Gasteiger partial charge in [-0.05, 0) is 43.9 Å². The molecule has 19 heavy (non-hydrogen) atoms. The van der Waals surface area contributed by atoms with E-state index < -0.39 is 0 Å². The molecule has 0 aromatic heterocycles. The summed E-state index contributed by atoms with van der Waals surface area (Å²) in [5, 5.41) is 0.549. The van der Waals surface area contributed by atoms with Crippen molar-refractivity contribution in [1.82, 2.24) is 4.90 Å². The van der Waals surface area contributed by atoms with Gasteiger partial charge < -0.3 is 10.3 Å². The second kappa shape index (κ2) is 6.26. The Morgan fingerprint density at radius 2 is 2.32 bits per heavy atom. The minimum atomic E-state index is 0.0157. The molecule has 1 fully saturated rings. The molecule has 5 heteroatoms. The first-order valence-electron chi connectivity index (χ1n) is 6.74. The highest BCUT2D eigenvalue weighted by Crippen LogP contribution is 2.26. The van der Waals surface area contributed by atoms with Gasteiger partial charge in [0.05, 0.1) is 11.3 Å². The smallest absolute Gasteiger partial charge is 0.256 e. The zero-order chi connectivity index (χ0) is 13.8. The third kappa shape index (κ3) is 3.01. The molecule has 1 aromatic carbocycles. The van der Waals surface area contributed by atoms with Gasteiger partial charge in [-0.15, -0.1) is 0 Å². The Morgan fingerprint density at radius 3 is 3.00 bits per heavy atom. The Labute approximate surface area is 118 Å². The van der Waals surface area contributed by atoms with Crippen LogP contribution in [-0.4, -0.2) is 23.4 Å². The zero-order valence-electron chi connectivity index (χ0n) is 11.2. The molecule has 0 radical (unpaired) electrons. The van der Waals surface area contributed by atoms with Crippen LogP contribution < -0.4 is 11.3 Å². The summed E-state index contributed by atoms with van der Waals surface area (Å²) in [6, 6.07) is 5.47. The number of hydrogen-bond donors (Lipinski definition) is 2. The molecule has 0 aliphatic carbocycles. The number of hydrazine groups is 1. The van der Waals surface area contributed by atoms with Crippen molar-refractivity contribution in [3.63, 3.8) is 0 Å². The molecule has 1 atom stereocenters. The average Bonchev–Trinajstić information content (AvgIpc) is 2.46. The van der Waals surface area contributed by atoms with Gasteiger partial charge in [0.15, 0.2) is 0 Å². The molecule has 0 spiro atoms. The maximum atomic E-state index is 12.7. The second-order valence-electron chi connectivity index (χ2n) is 4.89. The molecular formula is C14H20ClN3O. The lowest BCUT2D eigenvalue weighted by molar-refractivity contribution is 0.0609. The fourth-order valence-corrected chi connectivity index (χ4v) is 2.84. The number of nitrogens with two attached hydrogens (primary N) is 1. The number of amides is 1. The van der Waals surface area contributed by atoms with Crippen molar-refractivity contribution >= 4 is 23.2 Å². The Morgan fingerprint density at radius 1 is 1.53 bits per heavy atom. The Hall–Kier alpha value is -1.26. The van der Waals surface area contributed by atoms with E-state index >= 15 is 0 Å². The van der Waals surface area contributed by atoms with Crippen LogP contribution in [0.5, 0.6) is 0 Å². The molecule has 1 aromatic rings. The molecule has 1 unspecified atom stereocenters. The van der Waals surface area contributed by atoms with Crippen molar-refractivity contribution < 1.29 is 4.79 Å². The zero-order valence-corrected chi connectivity index (χ0v) is 11.9. The topological polar surface area (TPSA) is 58.4 Å². The summed E-state index contributed by atoms with van der Waals surface area (Å²) in [5.41, 5.74) is 3.74. The third-order valence-corrected chi connectivity index (χ3v) is 3.96. The molecule has 1 heterocycles. The van der Waals surface area contributed by atoms with E-state index in [2.05, 4.69) is 12.3 Å². The molecule has 0 bridgehead atoms. The first kappa shape index (κ1) is 14.2. The largest absolute Gasteiger partial charge is 0.336 e. The number of nitrogens with one attached hydrogen (secondary N) is 1.